The van der Waals surface area contributed by atoms with Gasteiger partial charge in [-0.3, -0.25) is 14.4 Å². The predicted molar refractivity (Wildman–Crippen MR) is 106 cm³/mol. The number of hydrogen-bond acceptors (Lipinski definition) is 5. The zero-order chi connectivity index (χ0) is 20.7. The van der Waals surface area contributed by atoms with Gasteiger partial charge in [0.25, 0.3) is 5.91 Å². The summed E-state index contributed by atoms with van der Waals surface area (Å²) in [5.41, 5.74) is -1.23. The molecule has 0 radical (unpaired) electrons. The monoisotopic (exact) mass is 415 g/mol. The molecule has 28 heavy (non-hydrogen) atoms. The summed E-state index contributed by atoms with van der Waals surface area (Å²) in [5.74, 6) is -1.76. The van der Waals surface area contributed by atoms with Crippen LogP contribution in [0.3, 0.4) is 0 Å². The molecular weight excluding hydrogens is 382 g/mol. The van der Waals surface area contributed by atoms with Crippen LogP contribution in [-0.4, -0.2) is 43.6 Å². The summed E-state index contributed by atoms with van der Waals surface area (Å²) >= 11 is 0. The van der Waals surface area contributed by atoms with Crippen molar-refractivity contribution in [2.45, 2.75) is 95.7 Å². The smallest absolute Gasteiger partial charge is 0.289 e. The van der Waals surface area contributed by atoms with Crippen LogP contribution in [0.25, 0.3) is 0 Å². The minimum Gasteiger partial charge on any atom is -0.347 e. The molecule has 9 heteroatoms. The predicted octanol–water partition coefficient (Wildman–Crippen LogP) is 0.964. The quantitative estimate of drug-likeness (QED) is 0.330. The number of carbonyl (C=O) groups is 3. The highest BCUT2D eigenvalue weighted by atomic mass is 32.2. The number of ketones is 1. The zero-order valence-electron chi connectivity index (χ0n) is 16.8. The second-order valence-electron chi connectivity index (χ2n) is 8.49. The van der Waals surface area contributed by atoms with Crippen LogP contribution in [0.5, 0.6) is 0 Å². The molecule has 2 aliphatic carbocycles. The summed E-state index contributed by atoms with van der Waals surface area (Å²) in [4.78, 5) is 38.2. The van der Waals surface area contributed by atoms with Gasteiger partial charge in [0.1, 0.15) is 5.54 Å². The first-order valence-electron chi connectivity index (χ1n) is 10.3. The zero-order valence-corrected chi connectivity index (χ0v) is 17.7. The highest BCUT2D eigenvalue weighted by molar-refractivity contribution is 7.70. The summed E-state index contributed by atoms with van der Waals surface area (Å²) in [6.45, 7) is 3.81. The Labute approximate surface area is 168 Å². The molecule has 2 rings (SSSR count). The fourth-order valence-corrected chi connectivity index (χ4v) is 4.88. The van der Waals surface area contributed by atoms with Crippen LogP contribution in [0.4, 0.5) is 0 Å². The van der Waals surface area contributed by atoms with Crippen molar-refractivity contribution < 1.29 is 22.8 Å². The molecule has 0 unspecified atom stereocenters. The maximum absolute atomic E-state index is 13.0. The maximum atomic E-state index is 13.0. The second kappa shape index (κ2) is 10.3. The van der Waals surface area contributed by atoms with Gasteiger partial charge in [-0.1, -0.05) is 46.0 Å². The van der Waals surface area contributed by atoms with E-state index in [-0.39, 0.29) is 12.0 Å². The van der Waals surface area contributed by atoms with E-state index in [1.807, 2.05) is 13.8 Å². The molecule has 8 nitrogen and oxygen atoms in total. The lowest BCUT2D eigenvalue weighted by atomic mass is 9.81. The number of Topliss-reactive ketones (excluding diaryl/α,β-unsaturated/α-hetero) is 1. The second-order valence-corrected chi connectivity index (χ2v) is 9.22. The third-order valence-corrected chi connectivity index (χ3v) is 6.30. The van der Waals surface area contributed by atoms with Crippen LogP contribution in [0.15, 0.2) is 0 Å². The van der Waals surface area contributed by atoms with E-state index in [4.69, 9.17) is 0 Å². The molecule has 2 saturated carbocycles. The van der Waals surface area contributed by atoms with Crippen LogP contribution in [0.2, 0.25) is 0 Å². The van der Waals surface area contributed by atoms with Gasteiger partial charge in [-0.15, -0.1) is 0 Å². The molecule has 0 saturated heterocycles. The summed E-state index contributed by atoms with van der Waals surface area (Å²) < 4.78 is 25.0. The molecule has 2 fully saturated rings. The molecule has 3 N–H and O–H groups in total. The molecule has 0 bridgehead atoms. The summed E-state index contributed by atoms with van der Waals surface area (Å²) in [6.07, 6.45) is 7.29. The molecule has 1 atom stereocenters. The Kier molecular flexibility index (Phi) is 8.42. The molecule has 2 amide bonds. The topological polar surface area (TPSA) is 121 Å². The Hall–Kier alpha value is -1.48. The van der Waals surface area contributed by atoms with E-state index in [2.05, 4.69) is 15.4 Å². The van der Waals surface area contributed by atoms with Gasteiger partial charge in [0.15, 0.2) is 0 Å². The lowest BCUT2D eigenvalue weighted by molar-refractivity contribution is -0.141. The Morgan fingerprint density at radius 2 is 1.61 bits per heavy atom. The van der Waals surface area contributed by atoms with Gasteiger partial charge in [-0.05, 0) is 38.0 Å². The molecule has 2 aliphatic rings. The number of hydrogen-bond donors (Lipinski definition) is 4. The van der Waals surface area contributed by atoms with Crippen molar-refractivity contribution in [1.29, 1.82) is 0 Å². The van der Waals surface area contributed by atoms with Crippen molar-refractivity contribution in [3.63, 3.8) is 0 Å². The minimum atomic E-state index is -2.96. The summed E-state index contributed by atoms with van der Waals surface area (Å²) in [6, 6.07) is -0.943. The van der Waals surface area contributed by atoms with Gasteiger partial charge in [-0.25, -0.2) is 13.1 Å². The largest absolute Gasteiger partial charge is 0.347 e. The Balaban J connectivity index is 2.11. The first-order valence-corrected chi connectivity index (χ1v) is 11.5. The van der Waals surface area contributed by atoms with Crippen molar-refractivity contribution in [2.75, 3.05) is 0 Å². The molecule has 0 aromatic rings. The minimum absolute atomic E-state index is 0.0164. The fourth-order valence-electron chi connectivity index (χ4n) is 4.20. The van der Waals surface area contributed by atoms with Crippen molar-refractivity contribution in [2.24, 2.45) is 5.92 Å². The number of nitrogens with one attached hydrogen (secondary N) is 3. The van der Waals surface area contributed by atoms with Crippen molar-refractivity contribution in [3.8, 4) is 0 Å². The average Bonchev–Trinajstić information content (AvgIpc) is 3.13. The number of rotatable bonds is 9. The van der Waals surface area contributed by atoms with E-state index in [1.54, 1.807) is 0 Å². The molecule has 0 spiro atoms. The van der Waals surface area contributed by atoms with E-state index in [1.165, 1.54) is 0 Å². The van der Waals surface area contributed by atoms with Gasteiger partial charge >= 0.3 is 0 Å². The summed E-state index contributed by atoms with van der Waals surface area (Å²) in [5, 5.41) is 5.47. The van der Waals surface area contributed by atoms with E-state index in [0.717, 1.165) is 44.9 Å². The van der Waals surface area contributed by atoms with E-state index < -0.39 is 40.1 Å². The van der Waals surface area contributed by atoms with Crippen molar-refractivity contribution in [1.82, 2.24) is 15.4 Å². The third-order valence-electron chi connectivity index (χ3n) is 5.69. The van der Waals surface area contributed by atoms with Gasteiger partial charge in [0, 0.05) is 6.04 Å². The van der Waals surface area contributed by atoms with Crippen LogP contribution < -0.4 is 15.4 Å². The summed E-state index contributed by atoms with van der Waals surface area (Å²) in [7, 11) is -2.96. The Morgan fingerprint density at radius 1 is 1.00 bits per heavy atom. The Bertz CT molecular complexity index is 642. The lowest BCUT2D eigenvalue weighted by Gasteiger charge is -2.36. The molecule has 0 aliphatic heterocycles. The normalized spacial score (nSPS) is 20.9. The number of thiol groups is 1. The van der Waals surface area contributed by atoms with E-state index >= 15 is 0 Å². The third kappa shape index (κ3) is 6.27. The van der Waals surface area contributed by atoms with Crippen LogP contribution >= 0.6 is 0 Å². The molecule has 0 aromatic heterocycles. The van der Waals surface area contributed by atoms with Gasteiger partial charge in [0.2, 0.25) is 22.6 Å². The standard InChI is InChI=1S/C19H33N3O5S/c1-13(2)12-15(16(23)17(24)20-14-8-4-5-9-14)21-18(25)19(22-28(26)27)10-6-3-7-11-19/h13-15,28H,3-12H2,1-2H3,(H,20,24)(H,21,25)(H,22,26,27)/t15-/m0/s1. The maximum Gasteiger partial charge on any atom is 0.289 e. The van der Waals surface area contributed by atoms with Gasteiger partial charge in [0.05, 0.1) is 6.04 Å². The fraction of sp³-hybridized carbons (Fsp3) is 0.842. The van der Waals surface area contributed by atoms with Gasteiger partial charge in [-0.2, -0.15) is 0 Å². The molecule has 160 valence electrons. The highest BCUT2D eigenvalue weighted by Gasteiger charge is 2.42. The van der Waals surface area contributed by atoms with Crippen molar-refractivity contribution in [3.05, 3.63) is 0 Å². The number of carbonyl (C=O) groups excluding carboxylic acids is 3. The van der Waals surface area contributed by atoms with E-state index in [0.29, 0.717) is 19.3 Å². The van der Waals surface area contributed by atoms with Crippen LogP contribution in [0.1, 0.15) is 78.1 Å². The highest BCUT2D eigenvalue weighted by Crippen LogP contribution is 2.29. The van der Waals surface area contributed by atoms with Crippen LogP contribution in [-0.2, 0) is 25.3 Å². The first-order chi connectivity index (χ1) is 13.2. The van der Waals surface area contributed by atoms with Crippen LogP contribution in [0, 0.1) is 5.92 Å². The average molecular weight is 416 g/mol. The van der Waals surface area contributed by atoms with E-state index in [9.17, 15) is 22.8 Å². The van der Waals surface area contributed by atoms with Gasteiger partial charge < -0.3 is 10.6 Å². The SMILES string of the molecule is CC(C)C[C@H](NC(=O)C1(N[SH](=O)=O)CCCCC1)C(=O)C(=O)NC1CCCC1. The Morgan fingerprint density at radius 3 is 2.14 bits per heavy atom. The molecular formula is C19H33N3O5S. The molecule has 0 aromatic carbocycles. The van der Waals surface area contributed by atoms with Crippen molar-refractivity contribution >= 4 is 28.5 Å². The first kappa shape index (κ1) is 22.8. The number of amides is 2. The lowest BCUT2D eigenvalue weighted by Crippen LogP contribution is -2.61. The molecule has 0 heterocycles.